The van der Waals surface area contributed by atoms with Crippen LogP contribution in [0.15, 0.2) is 48.5 Å². The fourth-order valence-electron chi connectivity index (χ4n) is 5.35. The third-order valence-electron chi connectivity index (χ3n) is 7.38. The molecule has 0 spiro atoms. The summed E-state index contributed by atoms with van der Waals surface area (Å²) in [5.74, 6) is 0.394. The molecule has 0 unspecified atom stereocenters. The number of hydrogen-bond acceptors (Lipinski definition) is 5. The van der Waals surface area contributed by atoms with Gasteiger partial charge in [-0.25, -0.2) is 0 Å². The number of nitrogens with two attached hydrogens (primary N) is 2. The fraction of sp³-hybridized carbons (Fsp3) is 0.360. The third-order valence-corrected chi connectivity index (χ3v) is 7.61. The van der Waals surface area contributed by atoms with Crippen molar-refractivity contribution in [1.29, 1.82) is 0 Å². The standard InChI is InChI=1S/C25H27ClN6O2.2ClH/c26-19-3-1-2-18(14-19)25(15-27)10-8-20(9-11-25)31-12-13-32-22(29-30-23(32)24(31)34)17-6-4-16(5-7-17)21(28)33;;/h1-7,14,20H,8-13,15,27H2,(H2,28,33);2*1H/t20-,25+;;. The van der Waals surface area contributed by atoms with E-state index in [0.29, 0.717) is 36.8 Å². The zero-order valence-corrected chi connectivity index (χ0v) is 22.0. The highest BCUT2D eigenvalue weighted by Gasteiger charge is 2.40. The van der Waals surface area contributed by atoms with Gasteiger partial charge in [0.05, 0.1) is 0 Å². The van der Waals surface area contributed by atoms with E-state index < -0.39 is 5.91 Å². The van der Waals surface area contributed by atoms with Gasteiger partial charge in [0, 0.05) is 47.2 Å². The summed E-state index contributed by atoms with van der Waals surface area (Å²) in [6.07, 6.45) is 3.57. The first-order valence-electron chi connectivity index (χ1n) is 11.5. The SMILES string of the molecule is Cl.Cl.NC[C@]1(c2cccc(Cl)c2)CC[C@@H](N2CCn3c(nnc3-c3ccc(C(N)=O)cc3)C2=O)CC1. The van der Waals surface area contributed by atoms with Gasteiger partial charge in [0.15, 0.2) is 5.82 Å². The van der Waals surface area contributed by atoms with Gasteiger partial charge in [0.1, 0.15) is 0 Å². The fourth-order valence-corrected chi connectivity index (χ4v) is 5.54. The topological polar surface area (TPSA) is 120 Å². The molecule has 192 valence electrons. The number of benzene rings is 2. The maximum absolute atomic E-state index is 13.3. The molecule has 0 radical (unpaired) electrons. The first kappa shape index (κ1) is 27.9. The van der Waals surface area contributed by atoms with Crippen LogP contribution in [-0.4, -0.2) is 50.6 Å². The monoisotopic (exact) mass is 550 g/mol. The highest BCUT2D eigenvalue weighted by Crippen LogP contribution is 2.41. The Bertz CT molecular complexity index is 1240. The number of amides is 2. The summed E-state index contributed by atoms with van der Waals surface area (Å²) in [7, 11) is 0. The molecule has 4 N–H and O–H groups in total. The molecule has 1 fully saturated rings. The number of primary amides is 1. The lowest BCUT2D eigenvalue weighted by atomic mass is 9.68. The van der Waals surface area contributed by atoms with Crippen LogP contribution in [-0.2, 0) is 12.0 Å². The summed E-state index contributed by atoms with van der Waals surface area (Å²) in [5.41, 5.74) is 13.9. The minimum Gasteiger partial charge on any atom is -0.366 e. The Hall–Kier alpha value is -2.65. The van der Waals surface area contributed by atoms with Gasteiger partial charge in [0.2, 0.25) is 11.7 Å². The largest absolute Gasteiger partial charge is 0.366 e. The van der Waals surface area contributed by atoms with Crippen molar-refractivity contribution in [3.8, 4) is 11.4 Å². The number of hydrogen-bond donors (Lipinski definition) is 2. The van der Waals surface area contributed by atoms with Crippen LogP contribution >= 0.6 is 36.4 Å². The van der Waals surface area contributed by atoms with E-state index in [4.69, 9.17) is 23.1 Å². The van der Waals surface area contributed by atoms with Crippen molar-refractivity contribution in [1.82, 2.24) is 19.7 Å². The molecule has 2 aliphatic rings. The molecule has 2 heterocycles. The van der Waals surface area contributed by atoms with Crippen LogP contribution in [0.2, 0.25) is 5.02 Å². The molecule has 11 heteroatoms. The van der Waals surface area contributed by atoms with E-state index in [9.17, 15) is 9.59 Å². The Morgan fingerprint density at radius 2 is 1.69 bits per heavy atom. The van der Waals surface area contributed by atoms with Gasteiger partial charge < -0.3 is 20.9 Å². The molecular weight excluding hydrogens is 523 g/mol. The van der Waals surface area contributed by atoms with E-state index in [1.807, 2.05) is 27.7 Å². The molecule has 0 atom stereocenters. The molecule has 8 nitrogen and oxygen atoms in total. The Morgan fingerprint density at radius 3 is 2.31 bits per heavy atom. The molecule has 2 amide bonds. The Labute approximate surface area is 227 Å². The lowest BCUT2D eigenvalue weighted by molar-refractivity contribution is 0.0523. The molecular formula is C25H29Cl3N6O2. The second-order valence-electron chi connectivity index (χ2n) is 9.16. The molecule has 3 aromatic rings. The number of carbonyl (C=O) groups excluding carboxylic acids is 2. The van der Waals surface area contributed by atoms with Crippen molar-refractivity contribution < 1.29 is 9.59 Å². The summed E-state index contributed by atoms with van der Waals surface area (Å²) in [5, 5.41) is 9.21. The van der Waals surface area contributed by atoms with Gasteiger partial charge in [0.25, 0.3) is 5.91 Å². The molecule has 0 bridgehead atoms. The molecule has 1 aliphatic carbocycles. The average Bonchev–Trinajstić information content (AvgIpc) is 3.30. The molecule has 5 rings (SSSR count). The van der Waals surface area contributed by atoms with Crippen molar-refractivity contribution in [3.63, 3.8) is 0 Å². The molecule has 2 aromatic carbocycles. The van der Waals surface area contributed by atoms with Crippen molar-refractivity contribution >= 4 is 48.2 Å². The number of nitrogens with zero attached hydrogens (tertiary/aromatic N) is 4. The second-order valence-corrected chi connectivity index (χ2v) is 9.60. The summed E-state index contributed by atoms with van der Waals surface area (Å²) < 4.78 is 1.86. The first-order valence-corrected chi connectivity index (χ1v) is 11.9. The number of rotatable bonds is 5. The molecule has 1 aliphatic heterocycles. The predicted molar refractivity (Wildman–Crippen MR) is 144 cm³/mol. The van der Waals surface area contributed by atoms with Gasteiger partial charge in [-0.2, -0.15) is 0 Å². The van der Waals surface area contributed by atoms with Crippen LogP contribution in [0.5, 0.6) is 0 Å². The van der Waals surface area contributed by atoms with Crippen LogP contribution in [0, 0.1) is 0 Å². The number of halogens is 3. The maximum Gasteiger partial charge on any atom is 0.292 e. The van der Waals surface area contributed by atoms with Gasteiger partial charge in [-0.05, 0) is 55.5 Å². The van der Waals surface area contributed by atoms with Crippen LogP contribution in [0.1, 0.15) is 52.2 Å². The zero-order valence-electron chi connectivity index (χ0n) is 19.6. The maximum atomic E-state index is 13.3. The van der Waals surface area contributed by atoms with Gasteiger partial charge in [-0.3, -0.25) is 9.59 Å². The Kier molecular flexibility index (Phi) is 8.67. The minimum absolute atomic E-state index is 0. The van der Waals surface area contributed by atoms with E-state index in [2.05, 4.69) is 16.3 Å². The number of fused-ring (bicyclic) bond motifs is 1. The smallest absolute Gasteiger partial charge is 0.292 e. The van der Waals surface area contributed by atoms with Gasteiger partial charge >= 0.3 is 0 Å². The van der Waals surface area contributed by atoms with Crippen LogP contribution < -0.4 is 11.5 Å². The van der Waals surface area contributed by atoms with E-state index in [1.165, 1.54) is 5.56 Å². The van der Waals surface area contributed by atoms with Crippen molar-refractivity contribution in [2.24, 2.45) is 11.5 Å². The second kappa shape index (κ2) is 11.2. The van der Waals surface area contributed by atoms with E-state index >= 15 is 0 Å². The van der Waals surface area contributed by atoms with Gasteiger partial charge in [-0.15, -0.1) is 35.0 Å². The zero-order chi connectivity index (χ0) is 23.9. The number of aromatic nitrogens is 3. The van der Waals surface area contributed by atoms with Gasteiger partial charge in [-0.1, -0.05) is 35.9 Å². The van der Waals surface area contributed by atoms with Crippen LogP contribution in [0.3, 0.4) is 0 Å². The summed E-state index contributed by atoms with van der Waals surface area (Å²) in [4.78, 5) is 26.6. The molecule has 0 saturated heterocycles. The van der Waals surface area contributed by atoms with Crippen molar-refractivity contribution in [3.05, 3.63) is 70.5 Å². The van der Waals surface area contributed by atoms with Crippen molar-refractivity contribution in [2.45, 2.75) is 43.7 Å². The Morgan fingerprint density at radius 1 is 1.03 bits per heavy atom. The normalized spacial score (nSPS) is 21.2. The van der Waals surface area contributed by atoms with Crippen LogP contribution in [0.4, 0.5) is 0 Å². The van der Waals surface area contributed by atoms with Crippen LogP contribution in [0.25, 0.3) is 11.4 Å². The average molecular weight is 552 g/mol. The van der Waals surface area contributed by atoms with E-state index in [-0.39, 0.29) is 42.2 Å². The quantitative estimate of drug-likeness (QED) is 0.499. The van der Waals surface area contributed by atoms with E-state index in [1.54, 1.807) is 24.3 Å². The number of carbonyl (C=O) groups is 2. The van der Waals surface area contributed by atoms with Crippen molar-refractivity contribution in [2.75, 3.05) is 13.1 Å². The highest BCUT2D eigenvalue weighted by molar-refractivity contribution is 6.30. The first-order chi connectivity index (χ1) is 16.4. The summed E-state index contributed by atoms with van der Waals surface area (Å²) >= 11 is 6.24. The summed E-state index contributed by atoms with van der Waals surface area (Å²) in [6, 6.07) is 15.0. The highest BCUT2D eigenvalue weighted by atomic mass is 35.5. The lowest BCUT2D eigenvalue weighted by Gasteiger charge is -2.44. The molecule has 1 aromatic heterocycles. The minimum atomic E-state index is -0.484. The van der Waals surface area contributed by atoms with E-state index in [0.717, 1.165) is 36.3 Å². The predicted octanol–water partition coefficient (Wildman–Crippen LogP) is 3.84. The molecule has 1 saturated carbocycles. The third kappa shape index (κ3) is 4.95. The Balaban J connectivity index is 0.00000180. The molecule has 36 heavy (non-hydrogen) atoms. The summed E-state index contributed by atoms with van der Waals surface area (Å²) in [6.45, 7) is 1.78. The lowest BCUT2D eigenvalue weighted by Crippen LogP contribution is -2.50.